The van der Waals surface area contributed by atoms with Gasteiger partial charge in [0.05, 0.1) is 11.2 Å². The Morgan fingerprint density at radius 1 is 1.17 bits per heavy atom. The van der Waals surface area contributed by atoms with Crippen LogP contribution in [0.2, 0.25) is 0 Å². The van der Waals surface area contributed by atoms with Gasteiger partial charge in [-0.25, -0.2) is 4.98 Å². The minimum atomic E-state index is -0.356. The summed E-state index contributed by atoms with van der Waals surface area (Å²) in [5.41, 5.74) is 1.01. The monoisotopic (exact) mass is 410 g/mol. The van der Waals surface area contributed by atoms with Gasteiger partial charge in [0.1, 0.15) is 0 Å². The van der Waals surface area contributed by atoms with E-state index in [9.17, 15) is 14.4 Å². The van der Waals surface area contributed by atoms with Crippen LogP contribution in [0.25, 0.3) is 6.08 Å². The van der Waals surface area contributed by atoms with E-state index in [1.807, 2.05) is 47.2 Å². The number of nitrogens with zero attached hydrogens (tertiary/aromatic N) is 3. The van der Waals surface area contributed by atoms with E-state index in [-0.39, 0.29) is 30.0 Å². The second-order valence-electron chi connectivity index (χ2n) is 6.38. The highest BCUT2D eigenvalue weighted by molar-refractivity contribution is 8.18. The Kier molecular flexibility index (Phi) is 7.40. The topological polar surface area (TPSA) is 84.3 Å². The highest BCUT2D eigenvalue weighted by Gasteiger charge is 2.34. The minimum absolute atomic E-state index is 0.0811. The third kappa shape index (κ3) is 6.18. The van der Waals surface area contributed by atoms with Crippen molar-refractivity contribution in [3.63, 3.8) is 0 Å². The highest BCUT2D eigenvalue weighted by Crippen LogP contribution is 2.30. The molecule has 1 saturated heterocycles. The maximum absolute atomic E-state index is 12.4. The van der Waals surface area contributed by atoms with E-state index in [0.29, 0.717) is 11.4 Å². The van der Waals surface area contributed by atoms with Gasteiger partial charge >= 0.3 is 0 Å². The fraction of sp³-hybridized carbons (Fsp3) is 0.238. The summed E-state index contributed by atoms with van der Waals surface area (Å²) in [5.74, 6) is -0.534. The molecule has 0 bridgehead atoms. The quantitative estimate of drug-likeness (QED) is 0.507. The Hall–Kier alpha value is -3.13. The van der Waals surface area contributed by atoms with Crippen LogP contribution in [0.4, 0.5) is 4.79 Å². The molecular formula is C21H22N4O3S. The summed E-state index contributed by atoms with van der Waals surface area (Å²) in [6.07, 6.45) is 11.4. The lowest BCUT2D eigenvalue weighted by Crippen LogP contribution is -2.34. The number of carbonyl (C=O) groups excluding carboxylic acids is 3. The van der Waals surface area contributed by atoms with Gasteiger partial charge in [-0.1, -0.05) is 42.5 Å². The van der Waals surface area contributed by atoms with Crippen molar-refractivity contribution in [2.45, 2.75) is 19.4 Å². The molecule has 3 rings (SSSR count). The van der Waals surface area contributed by atoms with Crippen LogP contribution in [0.5, 0.6) is 0 Å². The average molecular weight is 410 g/mol. The molecule has 3 amide bonds. The van der Waals surface area contributed by atoms with E-state index in [1.54, 1.807) is 24.7 Å². The lowest BCUT2D eigenvalue weighted by atomic mass is 10.2. The summed E-state index contributed by atoms with van der Waals surface area (Å²) in [6, 6.07) is 9.68. The zero-order valence-electron chi connectivity index (χ0n) is 15.9. The first-order valence-electron chi connectivity index (χ1n) is 9.33. The molecule has 8 heteroatoms. The van der Waals surface area contributed by atoms with E-state index >= 15 is 0 Å². The summed E-state index contributed by atoms with van der Waals surface area (Å²) in [6.45, 7) is 1.38. The largest absolute Gasteiger partial charge is 0.356 e. The molecule has 0 spiro atoms. The van der Waals surface area contributed by atoms with Crippen LogP contribution in [0.3, 0.4) is 0 Å². The van der Waals surface area contributed by atoms with Gasteiger partial charge in [-0.3, -0.25) is 19.3 Å². The van der Waals surface area contributed by atoms with E-state index in [4.69, 9.17) is 0 Å². The fourth-order valence-corrected chi connectivity index (χ4v) is 3.54. The molecule has 7 nitrogen and oxygen atoms in total. The van der Waals surface area contributed by atoms with E-state index in [2.05, 4.69) is 10.3 Å². The number of amides is 3. The third-order valence-electron chi connectivity index (χ3n) is 4.25. The lowest BCUT2D eigenvalue weighted by Gasteiger charge is -2.12. The highest BCUT2D eigenvalue weighted by atomic mass is 32.2. The van der Waals surface area contributed by atoms with Crippen LogP contribution < -0.4 is 5.32 Å². The molecule has 1 aromatic carbocycles. The Bertz CT molecular complexity index is 907. The molecule has 1 fully saturated rings. The molecular weight excluding hydrogens is 388 g/mol. The summed E-state index contributed by atoms with van der Waals surface area (Å²) < 4.78 is 1.94. The molecule has 29 heavy (non-hydrogen) atoms. The molecule has 2 heterocycles. The average Bonchev–Trinajstić information content (AvgIpc) is 3.33. The molecule has 0 radical (unpaired) electrons. The first kappa shape index (κ1) is 20.6. The SMILES string of the molecule is O=C(CCN1C(=O)S/C(=C\C=C\c2ccccc2)C1=O)NCCCn1ccnc1. The van der Waals surface area contributed by atoms with Crippen LogP contribution in [0.1, 0.15) is 18.4 Å². The standard InChI is InChI=1S/C21H22N4O3S/c26-19(23-11-5-13-24-15-12-22-16-24)10-14-25-20(27)18(29-21(25)28)9-4-8-17-6-2-1-3-7-17/h1-4,6-9,12,15-16H,5,10-11,13-14H2,(H,23,26)/b8-4+,18-9-. The van der Waals surface area contributed by atoms with Crippen LogP contribution in [-0.2, 0) is 16.1 Å². The number of nitrogens with one attached hydrogen (secondary N) is 1. The van der Waals surface area contributed by atoms with Gasteiger partial charge in [-0.15, -0.1) is 0 Å². The van der Waals surface area contributed by atoms with Crippen molar-refractivity contribution < 1.29 is 14.4 Å². The number of allylic oxidation sites excluding steroid dienone is 2. The lowest BCUT2D eigenvalue weighted by molar-refractivity contribution is -0.124. The van der Waals surface area contributed by atoms with E-state index in [0.717, 1.165) is 35.2 Å². The summed E-state index contributed by atoms with van der Waals surface area (Å²) in [4.78, 5) is 41.9. The number of benzene rings is 1. The van der Waals surface area contributed by atoms with Crippen molar-refractivity contribution in [2.75, 3.05) is 13.1 Å². The van der Waals surface area contributed by atoms with Gasteiger partial charge in [0.2, 0.25) is 5.91 Å². The Balaban J connectivity index is 1.41. The second-order valence-corrected chi connectivity index (χ2v) is 7.37. The first-order valence-corrected chi connectivity index (χ1v) is 10.1. The van der Waals surface area contributed by atoms with Gasteiger partial charge in [0, 0.05) is 38.4 Å². The number of hydrogen-bond acceptors (Lipinski definition) is 5. The molecule has 0 unspecified atom stereocenters. The molecule has 0 saturated carbocycles. The summed E-state index contributed by atoms with van der Waals surface area (Å²) in [7, 11) is 0. The van der Waals surface area contributed by atoms with Crippen LogP contribution in [-0.4, -0.2) is 44.6 Å². The van der Waals surface area contributed by atoms with Crippen molar-refractivity contribution >= 4 is 34.9 Å². The zero-order chi connectivity index (χ0) is 20.5. The Morgan fingerprint density at radius 3 is 2.76 bits per heavy atom. The minimum Gasteiger partial charge on any atom is -0.356 e. The molecule has 1 aliphatic rings. The molecule has 0 atom stereocenters. The van der Waals surface area contributed by atoms with Crippen LogP contribution in [0, 0.1) is 0 Å². The van der Waals surface area contributed by atoms with Crippen LogP contribution >= 0.6 is 11.8 Å². The number of hydrogen-bond donors (Lipinski definition) is 1. The predicted molar refractivity (Wildman–Crippen MR) is 113 cm³/mol. The summed E-state index contributed by atoms with van der Waals surface area (Å²) >= 11 is 0.895. The van der Waals surface area contributed by atoms with Crippen molar-refractivity contribution in [1.29, 1.82) is 0 Å². The molecule has 2 aromatic rings. The predicted octanol–water partition coefficient (Wildman–Crippen LogP) is 3.07. The summed E-state index contributed by atoms with van der Waals surface area (Å²) in [5, 5.41) is 2.46. The molecule has 1 N–H and O–H groups in total. The van der Waals surface area contributed by atoms with Gasteiger partial charge in [0.15, 0.2) is 0 Å². The number of carbonyl (C=O) groups is 3. The number of aryl methyl sites for hydroxylation is 1. The second kappa shape index (κ2) is 10.4. The number of rotatable bonds is 9. The van der Waals surface area contributed by atoms with Crippen molar-refractivity contribution in [3.05, 3.63) is 71.7 Å². The smallest absolute Gasteiger partial charge is 0.293 e. The van der Waals surface area contributed by atoms with Crippen molar-refractivity contribution in [2.24, 2.45) is 0 Å². The molecule has 1 aliphatic heterocycles. The number of imide groups is 1. The van der Waals surface area contributed by atoms with Crippen molar-refractivity contribution in [1.82, 2.24) is 19.8 Å². The van der Waals surface area contributed by atoms with Gasteiger partial charge < -0.3 is 9.88 Å². The number of imidazole rings is 1. The molecule has 1 aromatic heterocycles. The Morgan fingerprint density at radius 2 is 2.00 bits per heavy atom. The number of thioether (sulfide) groups is 1. The first-order chi connectivity index (χ1) is 14.1. The maximum Gasteiger partial charge on any atom is 0.293 e. The van der Waals surface area contributed by atoms with Gasteiger partial charge in [-0.2, -0.15) is 0 Å². The zero-order valence-corrected chi connectivity index (χ0v) is 16.7. The molecule has 150 valence electrons. The van der Waals surface area contributed by atoms with Crippen molar-refractivity contribution in [3.8, 4) is 0 Å². The molecule has 0 aliphatic carbocycles. The van der Waals surface area contributed by atoms with Gasteiger partial charge in [0.25, 0.3) is 11.1 Å². The third-order valence-corrected chi connectivity index (χ3v) is 5.17. The van der Waals surface area contributed by atoms with E-state index < -0.39 is 0 Å². The Labute approximate surface area is 173 Å². The van der Waals surface area contributed by atoms with Crippen LogP contribution in [0.15, 0.2) is 66.1 Å². The van der Waals surface area contributed by atoms with Gasteiger partial charge in [-0.05, 0) is 29.8 Å². The normalized spacial score (nSPS) is 15.6. The fourth-order valence-electron chi connectivity index (χ4n) is 2.73. The van der Waals surface area contributed by atoms with E-state index in [1.165, 1.54) is 0 Å². The number of aromatic nitrogens is 2. The maximum atomic E-state index is 12.4.